The van der Waals surface area contributed by atoms with Crippen LogP contribution in [0.2, 0.25) is 0 Å². The van der Waals surface area contributed by atoms with Crippen LogP contribution in [0, 0.1) is 11.8 Å². The molecule has 5 atom stereocenters. The molecule has 0 unspecified atom stereocenters. The molecule has 0 aromatic rings. The van der Waals surface area contributed by atoms with E-state index in [2.05, 4.69) is 10.6 Å². The summed E-state index contributed by atoms with van der Waals surface area (Å²) in [7, 11) is 0. The summed E-state index contributed by atoms with van der Waals surface area (Å²) in [6.07, 6.45) is 9.82. The lowest BCUT2D eigenvalue weighted by molar-refractivity contribution is -0.146. The van der Waals surface area contributed by atoms with Crippen LogP contribution in [0.15, 0.2) is 12.2 Å². The molecule has 7 heteroatoms. The molecule has 3 amide bonds. The smallest absolute Gasteiger partial charge is 0.246 e. The molecule has 2 aliphatic carbocycles. The Kier molecular flexibility index (Phi) is 4.22. The lowest BCUT2D eigenvalue weighted by Gasteiger charge is -2.35. The molecular formula is C23H33N3O4. The molecule has 0 aromatic heterocycles. The molecule has 0 aromatic carbocycles. The predicted octanol–water partition coefficient (Wildman–Crippen LogP) is 1.66. The van der Waals surface area contributed by atoms with Crippen LogP contribution in [0.1, 0.15) is 66.2 Å². The van der Waals surface area contributed by atoms with Gasteiger partial charge in [-0.2, -0.15) is 0 Å². The van der Waals surface area contributed by atoms with Crippen LogP contribution in [0.4, 0.5) is 0 Å². The topological polar surface area (TPSA) is 87.7 Å². The number of rotatable bonds is 4. The Hall–Kier alpha value is -1.89. The van der Waals surface area contributed by atoms with Crippen molar-refractivity contribution in [3.63, 3.8) is 0 Å². The van der Waals surface area contributed by atoms with Crippen molar-refractivity contribution in [2.45, 2.75) is 101 Å². The molecule has 2 saturated heterocycles. The van der Waals surface area contributed by atoms with E-state index in [1.54, 1.807) is 4.90 Å². The molecule has 3 aliphatic heterocycles. The van der Waals surface area contributed by atoms with E-state index in [0.29, 0.717) is 0 Å². The van der Waals surface area contributed by atoms with Gasteiger partial charge < -0.3 is 20.3 Å². The van der Waals surface area contributed by atoms with E-state index in [9.17, 15) is 14.4 Å². The van der Waals surface area contributed by atoms with Gasteiger partial charge in [0.2, 0.25) is 17.7 Å². The van der Waals surface area contributed by atoms with Gasteiger partial charge in [0, 0.05) is 17.6 Å². The average molecular weight is 416 g/mol. The summed E-state index contributed by atoms with van der Waals surface area (Å²) < 4.78 is 6.50. The third kappa shape index (κ3) is 2.84. The summed E-state index contributed by atoms with van der Waals surface area (Å²) in [5.41, 5.74) is -2.35. The Balaban J connectivity index is 1.50. The molecule has 1 spiro atoms. The molecule has 2 N–H and O–H groups in total. The van der Waals surface area contributed by atoms with E-state index in [1.807, 2.05) is 39.8 Å². The molecule has 5 rings (SSSR count). The normalized spacial score (nSPS) is 40.2. The Labute approximate surface area is 178 Å². The van der Waals surface area contributed by atoms with Crippen molar-refractivity contribution >= 4 is 17.7 Å². The Morgan fingerprint density at radius 3 is 2.37 bits per heavy atom. The van der Waals surface area contributed by atoms with Crippen molar-refractivity contribution in [2.24, 2.45) is 11.8 Å². The summed E-state index contributed by atoms with van der Waals surface area (Å²) in [5.74, 6) is -1.67. The number of fused-ring (bicyclic) bond motifs is 1. The van der Waals surface area contributed by atoms with Crippen LogP contribution in [0.3, 0.4) is 0 Å². The number of amides is 3. The van der Waals surface area contributed by atoms with E-state index in [4.69, 9.17) is 4.74 Å². The highest BCUT2D eigenvalue weighted by molar-refractivity contribution is 6.00. The summed E-state index contributed by atoms with van der Waals surface area (Å²) in [6.45, 7) is 7.67. The zero-order valence-corrected chi connectivity index (χ0v) is 18.4. The molecule has 2 bridgehead atoms. The Morgan fingerprint density at radius 2 is 1.77 bits per heavy atom. The lowest BCUT2D eigenvalue weighted by atomic mass is 9.70. The van der Waals surface area contributed by atoms with Crippen molar-refractivity contribution in [3.05, 3.63) is 12.2 Å². The van der Waals surface area contributed by atoms with Gasteiger partial charge in [-0.15, -0.1) is 0 Å². The highest BCUT2D eigenvalue weighted by atomic mass is 16.5. The van der Waals surface area contributed by atoms with Gasteiger partial charge in [-0.25, -0.2) is 0 Å². The zero-order valence-electron chi connectivity index (χ0n) is 18.4. The molecular weight excluding hydrogens is 382 g/mol. The number of hydrogen-bond acceptors (Lipinski definition) is 4. The molecule has 3 heterocycles. The molecule has 7 nitrogen and oxygen atoms in total. The Bertz CT molecular complexity index is 823. The van der Waals surface area contributed by atoms with Crippen molar-refractivity contribution in [2.75, 3.05) is 0 Å². The maximum Gasteiger partial charge on any atom is 0.246 e. The molecule has 5 aliphatic rings. The fourth-order valence-corrected chi connectivity index (χ4v) is 6.11. The first-order chi connectivity index (χ1) is 14.1. The van der Waals surface area contributed by atoms with Gasteiger partial charge in [0.05, 0.1) is 17.4 Å². The van der Waals surface area contributed by atoms with Gasteiger partial charge in [0.25, 0.3) is 0 Å². The second-order valence-corrected chi connectivity index (χ2v) is 11.0. The molecule has 4 fully saturated rings. The largest absolute Gasteiger partial charge is 0.356 e. The third-order valence-corrected chi connectivity index (χ3v) is 7.41. The SMILES string of the molecule is CC(C)(C)NC(=O)[C@@H]1N(C2CC2)C(=O)[C@H]2[C@@H](C(=O)NC3CCCC3)[C@@]3(C)C=C[C@@]12O3. The van der Waals surface area contributed by atoms with E-state index in [0.717, 1.165) is 38.5 Å². The monoisotopic (exact) mass is 415 g/mol. The van der Waals surface area contributed by atoms with Gasteiger partial charge in [0.1, 0.15) is 11.6 Å². The molecule has 0 radical (unpaired) electrons. The van der Waals surface area contributed by atoms with Crippen LogP contribution in [-0.2, 0) is 19.1 Å². The second kappa shape index (κ2) is 6.31. The predicted molar refractivity (Wildman–Crippen MR) is 110 cm³/mol. The standard InChI is InChI=1S/C23H33N3O4/c1-21(2,3)25-19(28)17-23-12-11-22(4,30-23)15(18(27)24-13-7-5-6-8-13)16(23)20(29)26(17)14-9-10-14/h11-17H,5-10H2,1-4H3,(H,24,27)(H,25,28)/t15-,16+,17-,22+,23-/m0/s1. The van der Waals surface area contributed by atoms with E-state index in [1.165, 1.54) is 0 Å². The molecule has 2 saturated carbocycles. The second-order valence-electron chi connectivity index (χ2n) is 11.0. The summed E-state index contributed by atoms with van der Waals surface area (Å²) >= 11 is 0. The number of nitrogens with zero attached hydrogens (tertiary/aromatic N) is 1. The summed E-state index contributed by atoms with van der Waals surface area (Å²) in [5, 5.41) is 6.23. The maximum atomic E-state index is 13.7. The summed E-state index contributed by atoms with van der Waals surface area (Å²) in [6, 6.07) is -0.490. The van der Waals surface area contributed by atoms with Crippen molar-refractivity contribution in [1.82, 2.24) is 15.5 Å². The van der Waals surface area contributed by atoms with Crippen LogP contribution in [0.5, 0.6) is 0 Å². The first kappa shape index (κ1) is 20.0. The lowest BCUT2D eigenvalue weighted by Crippen LogP contribution is -2.58. The minimum atomic E-state index is -1.07. The van der Waals surface area contributed by atoms with Crippen molar-refractivity contribution < 1.29 is 19.1 Å². The minimum Gasteiger partial charge on any atom is -0.356 e. The third-order valence-electron chi connectivity index (χ3n) is 7.41. The van der Waals surface area contributed by atoms with Crippen molar-refractivity contribution in [3.8, 4) is 0 Å². The zero-order chi connectivity index (χ0) is 21.5. The van der Waals surface area contributed by atoms with E-state index in [-0.39, 0.29) is 29.8 Å². The average Bonchev–Trinajstić information content (AvgIpc) is 3.00. The minimum absolute atomic E-state index is 0.0654. The first-order valence-electron chi connectivity index (χ1n) is 11.4. The van der Waals surface area contributed by atoms with Gasteiger partial charge in [0.15, 0.2) is 0 Å². The molecule has 30 heavy (non-hydrogen) atoms. The fourth-order valence-electron chi connectivity index (χ4n) is 6.11. The highest BCUT2D eigenvalue weighted by Crippen LogP contribution is 2.61. The van der Waals surface area contributed by atoms with Gasteiger partial charge in [-0.1, -0.05) is 25.0 Å². The number of hydrogen-bond donors (Lipinski definition) is 2. The number of carbonyl (C=O) groups is 3. The maximum absolute atomic E-state index is 13.7. The van der Waals surface area contributed by atoms with Crippen LogP contribution < -0.4 is 10.6 Å². The van der Waals surface area contributed by atoms with Gasteiger partial charge >= 0.3 is 0 Å². The van der Waals surface area contributed by atoms with Gasteiger partial charge in [-0.05, 0) is 53.4 Å². The van der Waals surface area contributed by atoms with Crippen LogP contribution in [0.25, 0.3) is 0 Å². The van der Waals surface area contributed by atoms with E-state index < -0.39 is 34.6 Å². The van der Waals surface area contributed by atoms with Crippen molar-refractivity contribution in [1.29, 1.82) is 0 Å². The Morgan fingerprint density at radius 1 is 1.10 bits per heavy atom. The summed E-state index contributed by atoms with van der Waals surface area (Å²) in [4.78, 5) is 42.2. The van der Waals surface area contributed by atoms with Gasteiger partial charge in [-0.3, -0.25) is 14.4 Å². The van der Waals surface area contributed by atoms with Crippen LogP contribution >= 0.6 is 0 Å². The molecule has 164 valence electrons. The number of likely N-dealkylation sites (tertiary alicyclic amines) is 1. The van der Waals surface area contributed by atoms with Crippen LogP contribution in [-0.4, -0.2) is 57.5 Å². The quantitative estimate of drug-likeness (QED) is 0.684. The fraction of sp³-hybridized carbons (Fsp3) is 0.783. The highest BCUT2D eigenvalue weighted by Gasteiger charge is 2.77. The first-order valence-corrected chi connectivity index (χ1v) is 11.4. The number of carbonyl (C=O) groups excluding carboxylic acids is 3. The number of ether oxygens (including phenoxy) is 1. The van der Waals surface area contributed by atoms with E-state index >= 15 is 0 Å². The number of nitrogens with one attached hydrogen (secondary N) is 2.